The normalized spacial score (nSPS) is 10.6. The van der Waals surface area contributed by atoms with Crippen molar-refractivity contribution in [3.8, 4) is 5.75 Å². The smallest absolute Gasteiger partial charge is 0.137 e. The monoisotopic (exact) mass is 273 g/mol. The summed E-state index contributed by atoms with van der Waals surface area (Å²) in [6.45, 7) is 0.748. The van der Waals surface area contributed by atoms with Crippen LogP contribution in [0.25, 0.3) is 6.08 Å². The molecule has 2 aromatic rings. The molecule has 0 unspecified atom stereocenters. The number of hydrogen-bond donors (Lipinski definition) is 1. The molecule has 19 heavy (non-hydrogen) atoms. The summed E-state index contributed by atoms with van der Waals surface area (Å²) in [5.74, 6) is 0.687. The van der Waals surface area contributed by atoms with Crippen molar-refractivity contribution in [3.63, 3.8) is 0 Å². The molecule has 2 rings (SSSR count). The van der Waals surface area contributed by atoms with Crippen LogP contribution in [-0.2, 0) is 0 Å². The second-order valence-electron chi connectivity index (χ2n) is 4.04. The van der Waals surface area contributed by atoms with E-state index < -0.39 is 0 Å². The molecule has 2 aromatic carbocycles. The highest BCUT2D eigenvalue weighted by molar-refractivity contribution is 6.32. The quantitative estimate of drug-likeness (QED) is 0.868. The molecular formula is C16H16ClNO. The zero-order chi connectivity index (χ0) is 13.5. The number of ether oxygens (including phenoxy) is 1. The van der Waals surface area contributed by atoms with Crippen molar-refractivity contribution in [2.45, 2.75) is 0 Å². The zero-order valence-corrected chi connectivity index (χ0v) is 11.5. The summed E-state index contributed by atoms with van der Waals surface area (Å²) in [6, 6.07) is 15.9. The first-order valence-electron chi connectivity index (χ1n) is 6.08. The molecule has 0 aliphatic heterocycles. The fraction of sp³-hybridized carbons (Fsp3) is 0.125. The summed E-state index contributed by atoms with van der Waals surface area (Å²) in [5.41, 5.74) is 2.17. The lowest BCUT2D eigenvalue weighted by molar-refractivity contribution is 0.415. The SMILES string of the molecule is COc1ccc(NC/C=C/c2ccccc2)cc1Cl. The van der Waals surface area contributed by atoms with E-state index >= 15 is 0 Å². The van der Waals surface area contributed by atoms with E-state index in [1.165, 1.54) is 5.56 Å². The molecule has 0 aliphatic carbocycles. The van der Waals surface area contributed by atoms with Gasteiger partial charge in [0, 0.05) is 12.2 Å². The lowest BCUT2D eigenvalue weighted by Gasteiger charge is -2.07. The molecule has 0 heterocycles. The van der Waals surface area contributed by atoms with Gasteiger partial charge in [0.2, 0.25) is 0 Å². The fourth-order valence-electron chi connectivity index (χ4n) is 1.71. The summed E-state index contributed by atoms with van der Waals surface area (Å²) in [5, 5.41) is 3.89. The third kappa shape index (κ3) is 4.04. The molecular weight excluding hydrogens is 258 g/mol. The first kappa shape index (κ1) is 13.5. The van der Waals surface area contributed by atoms with Crippen LogP contribution < -0.4 is 10.1 Å². The highest BCUT2D eigenvalue weighted by atomic mass is 35.5. The minimum absolute atomic E-state index is 0.611. The van der Waals surface area contributed by atoms with Crippen LogP contribution in [0.15, 0.2) is 54.6 Å². The van der Waals surface area contributed by atoms with E-state index in [0.717, 1.165) is 12.2 Å². The number of rotatable bonds is 5. The van der Waals surface area contributed by atoms with Gasteiger partial charge >= 0.3 is 0 Å². The number of nitrogens with one attached hydrogen (secondary N) is 1. The molecule has 0 aromatic heterocycles. The van der Waals surface area contributed by atoms with Crippen molar-refractivity contribution < 1.29 is 4.74 Å². The highest BCUT2D eigenvalue weighted by Gasteiger charge is 2.00. The van der Waals surface area contributed by atoms with Crippen LogP contribution in [0, 0.1) is 0 Å². The molecule has 0 atom stereocenters. The highest BCUT2D eigenvalue weighted by Crippen LogP contribution is 2.26. The molecule has 0 radical (unpaired) electrons. The summed E-state index contributed by atoms with van der Waals surface area (Å²) in [6.07, 6.45) is 4.16. The number of anilines is 1. The average Bonchev–Trinajstić information content (AvgIpc) is 2.45. The molecule has 0 saturated heterocycles. The van der Waals surface area contributed by atoms with Crippen molar-refractivity contribution in [2.75, 3.05) is 19.0 Å². The van der Waals surface area contributed by atoms with Crippen LogP contribution in [0.4, 0.5) is 5.69 Å². The first-order valence-corrected chi connectivity index (χ1v) is 6.46. The Morgan fingerprint density at radius 3 is 2.63 bits per heavy atom. The van der Waals surface area contributed by atoms with Crippen LogP contribution in [0.1, 0.15) is 5.56 Å². The second kappa shape index (κ2) is 6.86. The van der Waals surface area contributed by atoms with Crippen molar-refractivity contribution in [1.82, 2.24) is 0 Å². The second-order valence-corrected chi connectivity index (χ2v) is 4.45. The molecule has 0 aliphatic rings. The van der Waals surface area contributed by atoms with Crippen molar-refractivity contribution in [2.24, 2.45) is 0 Å². The molecule has 1 N–H and O–H groups in total. The number of benzene rings is 2. The number of halogens is 1. The summed E-state index contributed by atoms with van der Waals surface area (Å²) in [7, 11) is 1.61. The van der Waals surface area contributed by atoms with E-state index in [4.69, 9.17) is 16.3 Å². The van der Waals surface area contributed by atoms with Crippen molar-refractivity contribution >= 4 is 23.4 Å². The fourth-order valence-corrected chi connectivity index (χ4v) is 1.97. The predicted octanol–water partition coefficient (Wildman–Crippen LogP) is 4.47. The van der Waals surface area contributed by atoms with E-state index in [1.54, 1.807) is 7.11 Å². The van der Waals surface area contributed by atoms with Gasteiger partial charge in [-0.2, -0.15) is 0 Å². The Balaban J connectivity index is 1.89. The number of methoxy groups -OCH3 is 1. The Hall–Kier alpha value is -1.93. The third-order valence-corrected chi connectivity index (χ3v) is 2.98. The molecule has 0 amide bonds. The minimum atomic E-state index is 0.611. The van der Waals surface area contributed by atoms with E-state index in [1.807, 2.05) is 36.4 Å². The Bertz CT molecular complexity index is 552. The molecule has 3 heteroatoms. The lowest BCUT2D eigenvalue weighted by atomic mass is 10.2. The maximum absolute atomic E-state index is 6.06. The Kier molecular flexibility index (Phi) is 4.87. The van der Waals surface area contributed by atoms with Gasteiger partial charge < -0.3 is 10.1 Å². The van der Waals surface area contributed by atoms with Gasteiger partial charge in [0.15, 0.2) is 0 Å². The lowest BCUT2D eigenvalue weighted by Crippen LogP contribution is -1.98. The summed E-state index contributed by atoms with van der Waals surface area (Å²) < 4.78 is 5.11. The zero-order valence-electron chi connectivity index (χ0n) is 10.8. The van der Waals surface area contributed by atoms with Crippen LogP contribution in [0.3, 0.4) is 0 Å². The maximum atomic E-state index is 6.06. The Labute approximate surface area is 118 Å². The standard InChI is InChI=1S/C16H16ClNO/c1-19-16-10-9-14(12-15(16)17)18-11-5-8-13-6-3-2-4-7-13/h2-10,12,18H,11H2,1H3/b8-5+. The molecule has 0 bridgehead atoms. The van der Waals surface area contributed by atoms with E-state index in [0.29, 0.717) is 10.8 Å². The van der Waals surface area contributed by atoms with Crippen LogP contribution in [0.2, 0.25) is 5.02 Å². The van der Waals surface area contributed by atoms with Gasteiger partial charge in [0.25, 0.3) is 0 Å². The topological polar surface area (TPSA) is 21.3 Å². The van der Waals surface area contributed by atoms with Gasteiger partial charge in [-0.05, 0) is 23.8 Å². The largest absolute Gasteiger partial charge is 0.495 e. The van der Waals surface area contributed by atoms with Crippen LogP contribution in [-0.4, -0.2) is 13.7 Å². The van der Waals surface area contributed by atoms with Gasteiger partial charge in [-0.15, -0.1) is 0 Å². The summed E-state index contributed by atoms with van der Waals surface area (Å²) >= 11 is 6.06. The van der Waals surface area contributed by atoms with Gasteiger partial charge in [0.1, 0.15) is 5.75 Å². The predicted molar refractivity (Wildman–Crippen MR) is 82.0 cm³/mol. The third-order valence-electron chi connectivity index (χ3n) is 2.69. The van der Waals surface area contributed by atoms with Crippen LogP contribution >= 0.6 is 11.6 Å². The first-order chi connectivity index (χ1) is 9.29. The molecule has 98 valence electrons. The maximum Gasteiger partial charge on any atom is 0.137 e. The Morgan fingerprint density at radius 2 is 1.95 bits per heavy atom. The van der Waals surface area contributed by atoms with E-state index in [2.05, 4.69) is 29.6 Å². The van der Waals surface area contributed by atoms with Crippen molar-refractivity contribution in [3.05, 3.63) is 65.2 Å². The van der Waals surface area contributed by atoms with E-state index in [-0.39, 0.29) is 0 Å². The number of hydrogen-bond acceptors (Lipinski definition) is 2. The molecule has 2 nitrogen and oxygen atoms in total. The van der Waals surface area contributed by atoms with E-state index in [9.17, 15) is 0 Å². The van der Waals surface area contributed by atoms with Gasteiger partial charge in [-0.25, -0.2) is 0 Å². The molecule has 0 spiro atoms. The van der Waals surface area contributed by atoms with Crippen LogP contribution in [0.5, 0.6) is 5.75 Å². The molecule has 0 fully saturated rings. The molecule has 0 saturated carbocycles. The average molecular weight is 274 g/mol. The Morgan fingerprint density at radius 1 is 1.16 bits per heavy atom. The van der Waals surface area contributed by atoms with Gasteiger partial charge in [0.05, 0.1) is 12.1 Å². The van der Waals surface area contributed by atoms with Gasteiger partial charge in [-0.1, -0.05) is 54.1 Å². The minimum Gasteiger partial charge on any atom is -0.495 e. The summed E-state index contributed by atoms with van der Waals surface area (Å²) in [4.78, 5) is 0. The van der Waals surface area contributed by atoms with Gasteiger partial charge in [-0.3, -0.25) is 0 Å². The van der Waals surface area contributed by atoms with Crippen molar-refractivity contribution in [1.29, 1.82) is 0 Å².